The number of unbranched alkanes of at least 4 members (excludes halogenated alkanes) is 22. The van der Waals surface area contributed by atoms with Crippen LogP contribution >= 0.6 is 0 Å². The molecule has 0 aromatic heterocycles. The maximum absolute atomic E-state index is 6.73. The van der Waals surface area contributed by atoms with Gasteiger partial charge in [0.2, 0.25) is 0 Å². The lowest BCUT2D eigenvalue weighted by molar-refractivity contribution is -0.0308. The maximum Gasteiger partial charge on any atom is 0.0781 e. The molecule has 0 N–H and O–H groups in total. The van der Waals surface area contributed by atoms with Crippen LogP contribution in [0.25, 0.3) is 0 Å². The van der Waals surface area contributed by atoms with E-state index in [1.165, 1.54) is 193 Å². The molecule has 3 atom stereocenters. The van der Waals surface area contributed by atoms with Crippen molar-refractivity contribution in [1.29, 1.82) is 0 Å². The fourth-order valence-electron chi connectivity index (χ4n) is 6.00. The Labute approximate surface area is 261 Å². The van der Waals surface area contributed by atoms with Crippen molar-refractivity contribution in [3.63, 3.8) is 0 Å². The summed E-state index contributed by atoms with van der Waals surface area (Å²) >= 11 is 0. The molecule has 3 unspecified atom stereocenters. The van der Waals surface area contributed by atoms with Crippen molar-refractivity contribution < 1.29 is 9.47 Å². The van der Waals surface area contributed by atoms with Crippen LogP contribution in [0.2, 0.25) is 0 Å². The minimum atomic E-state index is 0.516. The van der Waals surface area contributed by atoms with Crippen molar-refractivity contribution in [2.75, 3.05) is 6.61 Å². The van der Waals surface area contributed by atoms with Crippen molar-refractivity contribution in [2.45, 2.75) is 246 Å². The largest absolute Gasteiger partial charge is 0.375 e. The van der Waals surface area contributed by atoms with Gasteiger partial charge in [-0.05, 0) is 32.6 Å². The Morgan fingerprint density at radius 3 is 0.878 bits per heavy atom. The smallest absolute Gasteiger partial charge is 0.0781 e. The summed E-state index contributed by atoms with van der Waals surface area (Å²) in [5, 5.41) is 0. The molecule has 41 heavy (non-hydrogen) atoms. The highest BCUT2D eigenvalue weighted by atomic mass is 16.6. The fourth-order valence-corrected chi connectivity index (χ4v) is 6.00. The average Bonchev–Trinajstić information content (AvgIpc) is 3.76. The van der Waals surface area contributed by atoms with Crippen molar-refractivity contribution in [1.82, 2.24) is 0 Å². The molecule has 1 aliphatic heterocycles. The number of hydrogen-bond acceptors (Lipinski definition) is 2. The lowest BCUT2D eigenvalue weighted by Gasteiger charge is -2.25. The Bertz CT molecular complexity index is 424. The zero-order valence-corrected chi connectivity index (χ0v) is 29.5. The first-order chi connectivity index (χ1) is 20.2. The molecule has 248 valence electrons. The predicted octanol–water partition coefficient (Wildman–Crippen LogP) is 13.9. The molecule has 0 amide bonds. The summed E-state index contributed by atoms with van der Waals surface area (Å²) in [7, 11) is 0. The first kappa shape index (κ1) is 40.9. The van der Waals surface area contributed by atoms with Gasteiger partial charge in [0.15, 0.2) is 0 Å². The normalized spacial score (nSPS) is 15.9. The van der Waals surface area contributed by atoms with Gasteiger partial charge >= 0.3 is 0 Å². The fraction of sp³-hybridized carbons (Fsp3) is 1.00. The summed E-state index contributed by atoms with van der Waals surface area (Å²) < 4.78 is 11.4. The molecule has 0 aromatic rings. The van der Waals surface area contributed by atoms with Crippen LogP contribution in [0.15, 0.2) is 0 Å². The molecule has 0 spiro atoms. The lowest BCUT2D eigenvalue weighted by atomic mass is 10.0. The molecule has 0 radical (unpaired) electrons. The van der Waals surface area contributed by atoms with Crippen LogP contribution in [0.1, 0.15) is 227 Å². The van der Waals surface area contributed by atoms with Gasteiger partial charge in [0, 0.05) is 0 Å². The number of epoxide rings is 1. The highest BCUT2D eigenvalue weighted by Gasteiger charge is 2.15. The van der Waals surface area contributed by atoms with Crippen molar-refractivity contribution in [3.8, 4) is 0 Å². The van der Waals surface area contributed by atoms with Crippen LogP contribution in [-0.2, 0) is 9.47 Å². The van der Waals surface area contributed by atoms with E-state index >= 15 is 0 Å². The van der Waals surface area contributed by atoms with Gasteiger partial charge in [-0.3, -0.25) is 0 Å². The van der Waals surface area contributed by atoms with Crippen molar-refractivity contribution in [2.24, 2.45) is 0 Å². The summed E-state index contributed by atoms with van der Waals surface area (Å²) in [6.45, 7) is 12.3. The third-order valence-corrected chi connectivity index (χ3v) is 8.87. The van der Waals surface area contributed by atoms with E-state index in [9.17, 15) is 0 Å². The van der Waals surface area contributed by atoms with E-state index < -0.39 is 0 Å². The third-order valence-electron chi connectivity index (χ3n) is 8.87. The zero-order valence-electron chi connectivity index (χ0n) is 29.5. The van der Waals surface area contributed by atoms with E-state index in [1.807, 2.05) is 0 Å². The molecule has 0 bridgehead atoms. The van der Waals surface area contributed by atoms with E-state index in [1.54, 1.807) is 0 Å². The summed E-state index contributed by atoms with van der Waals surface area (Å²) in [5.74, 6) is 0. The molecule has 1 heterocycles. The molecule has 1 saturated heterocycles. The van der Waals surface area contributed by atoms with Gasteiger partial charge in [0.1, 0.15) is 0 Å². The second kappa shape index (κ2) is 34.4. The molecular weight excluding hydrogens is 500 g/mol. The predicted molar refractivity (Wildman–Crippen MR) is 185 cm³/mol. The van der Waals surface area contributed by atoms with Gasteiger partial charge in [-0.1, -0.05) is 195 Å². The number of hydrogen-bond donors (Lipinski definition) is 0. The van der Waals surface area contributed by atoms with Crippen LogP contribution in [0.5, 0.6) is 0 Å². The average molecular weight is 581 g/mol. The summed E-state index contributed by atoms with van der Waals surface area (Å²) in [4.78, 5) is 0. The Hall–Kier alpha value is -0.0800. The Kier molecular flexibility index (Phi) is 34.3. The van der Waals surface area contributed by atoms with Crippen LogP contribution in [0, 0.1) is 0 Å². The monoisotopic (exact) mass is 581 g/mol. The van der Waals surface area contributed by atoms with E-state index in [-0.39, 0.29) is 0 Å². The van der Waals surface area contributed by atoms with Gasteiger partial charge < -0.3 is 9.47 Å². The molecule has 0 aromatic carbocycles. The Morgan fingerprint density at radius 2 is 0.659 bits per heavy atom. The van der Waals surface area contributed by atoms with E-state index in [0.29, 0.717) is 18.3 Å². The van der Waals surface area contributed by atoms with E-state index in [0.717, 1.165) is 6.61 Å². The molecule has 2 heteroatoms. The van der Waals surface area contributed by atoms with Gasteiger partial charge in [-0.15, -0.1) is 0 Å². The molecule has 1 fully saturated rings. The molecule has 1 aliphatic rings. The van der Waals surface area contributed by atoms with Crippen LogP contribution < -0.4 is 0 Å². The van der Waals surface area contributed by atoms with Crippen molar-refractivity contribution in [3.05, 3.63) is 0 Å². The van der Waals surface area contributed by atoms with Gasteiger partial charge in [0.05, 0.1) is 24.9 Å². The van der Waals surface area contributed by atoms with Crippen LogP contribution in [-0.4, -0.2) is 24.9 Å². The Morgan fingerprint density at radius 1 is 0.415 bits per heavy atom. The van der Waals surface area contributed by atoms with Crippen LogP contribution in [0.3, 0.4) is 0 Å². The molecule has 0 saturated carbocycles. The standard InChI is InChI=1S/C36H74O.C3H6O/c1-5-9-11-13-15-17-19-21-23-25-27-29-33-35(31-7-3)37-36(32-8-4)34-30-28-26-24-22-20-18-16-14-12-10-6-2;1-3-2-4-3/h35-36H,5-34H2,1-4H3;3H,2H2,1H3. The minimum absolute atomic E-state index is 0.516. The van der Waals surface area contributed by atoms with Gasteiger partial charge in [-0.2, -0.15) is 0 Å². The molecule has 1 rings (SSSR count). The topological polar surface area (TPSA) is 21.8 Å². The molecular formula is C39H80O2. The first-order valence-corrected chi connectivity index (χ1v) is 19.4. The summed E-state index contributed by atoms with van der Waals surface area (Å²) in [6.07, 6.45) is 43.7. The highest BCUT2D eigenvalue weighted by Crippen LogP contribution is 2.21. The van der Waals surface area contributed by atoms with Crippen molar-refractivity contribution >= 4 is 0 Å². The number of rotatable bonds is 32. The first-order valence-electron chi connectivity index (χ1n) is 19.4. The maximum atomic E-state index is 6.73. The van der Waals surface area contributed by atoms with E-state index in [2.05, 4.69) is 34.6 Å². The zero-order chi connectivity index (χ0) is 30.1. The molecule has 0 aliphatic carbocycles. The quantitative estimate of drug-likeness (QED) is 0.0583. The lowest BCUT2D eigenvalue weighted by Crippen LogP contribution is -2.22. The van der Waals surface area contributed by atoms with Crippen LogP contribution in [0.4, 0.5) is 0 Å². The Balaban J connectivity index is 0.00000364. The SMILES string of the molecule is CC1CO1.CCCCCCCCCCCCCCC(CCC)OC(CCC)CCCCCCCCCCCCCC. The summed E-state index contributed by atoms with van der Waals surface area (Å²) in [5.41, 5.74) is 0. The van der Waals surface area contributed by atoms with Gasteiger partial charge in [-0.25, -0.2) is 0 Å². The second-order valence-corrected chi connectivity index (χ2v) is 13.5. The van der Waals surface area contributed by atoms with E-state index in [4.69, 9.17) is 9.47 Å². The number of ether oxygens (including phenoxy) is 2. The minimum Gasteiger partial charge on any atom is -0.375 e. The second-order valence-electron chi connectivity index (χ2n) is 13.5. The van der Waals surface area contributed by atoms with Gasteiger partial charge in [0.25, 0.3) is 0 Å². The highest BCUT2D eigenvalue weighted by molar-refractivity contribution is 4.65. The third kappa shape index (κ3) is 34.3. The molecule has 2 nitrogen and oxygen atoms in total. The summed E-state index contributed by atoms with van der Waals surface area (Å²) in [6, 6.07) is 0.